The van der Waals surface area contributed by atoms with E-state index in [9.17, 15) is 0 Å². The number of hydrogen-bond donors (Lipinski definition) is 3. The quantitative estimate of drug-likeness (QED) is 0.361. The summed E-state index contributed by atoms with van der Waals surface area (Å²) in [4.78, 5) is 3.78. The van der Waals surface area contributed by atoms with Gasteiger partial charge in [0.15, 0.2) is 0 Å². The molecule has 0 spiro atoms. The summed E-state index contributed by atoms with van der Waals surface area (Å²) in [5, 5.41) is 23.8. The van der Waals surface area contributed by atoms with E-state index in [1.807, 2.05) is 6.92 Å². The van der Waals surface area contributed by atoms with E-state index in [0.29, 0.717) is 19.8 Å². The van der Waals surface area contributed by atoms with Gasteiger partial charge in [0.05, 0.1) is 6.61 Å². The number of rotatable bonds is 7. The first-order valence-corrected chi connectivity index (χ1v) is 7.73. The van der Waals surface area contributed by atoms with Gasteiger partial charge in [-0.25, -0.2) is 4.89 Å². The van der Waals surface area contributed by atoms with Gasteiger partial charge in [-0.1, -0.05) is 40.0 Å². The third kappa shape index (κ3) is 99.7. The first kappa shape index (κ1) is 32.5. The molecule has 0 aliphatic carbocycles. The summed E-state index contributed by atoms with van der Waals surface area (Å²) >= 11 is -1.81. The fourth-order valence-corrected chi connectivity index (χ4v) is 0.525. The number of hydrogen-bond acceptors (Lipinski definition) is 6. The van der Waals surface area contributed by atoms with Gasteiger partial charge in [0.2, 0.25) is 0 Å². The minimum absolute atomic E-state index is 0. The molecule has 8 heteroatoms. The topological polar surface area (TPSA) is 104 Å². The van der Waals surface area contributed by atoms with E-state index in [4.69, 9.17) is 22.8 Å². The standard InChI is InChI=1S/C4H10O2.2C4H10O.2O.2V/c1-2-3-4-6-5;2*1-2-3-4-5;;;;/h5H,2-4H2,1H3;2*5H,2-4H2,1H3;;;;. The molecule has 0 bridgehead atoms. The van der Waals surface area contributed by atoms with E-state index in [1.54, 1.807) is 0 Å². The van der Waals surface area contributed by atoms with Crippen LogP contribution in [-0.2, 0) is 47.0 Å². The molecule has 3 N–H and O–H groups in total. The van der Waals surface area contributed by atoms with Gasteiger partial charge < -0.3 is 10.2 Å². The molecular formula is C12H30O6V2. The zero-order valence-electron chi connectivity index (χ0n) is 12.8. The van der Waals surface area contributed by atoms with E-state index in [0.717, 1.165) is 38.5 Å². The van der Waals surface area contributed by atoms with Gasteiger partial charge in [0.25, 0.3) is 0 Å². The van der Waals surface area contributed by atoms with Crippen molar-refractivity contribution >= 4 is 0 Å². The van der Waals surface area contributed by atoms with Crippen LogP contribution in [0.15, 0.2) is 0 Å². The van der Waals surface area contributed by atoms with Crippen molar-refractivity contribution < 1.29 is 62.4 Å². The summed E-state index contributed by atoms with van der Waals surface area (Å²) in [5.41, 5.74) is 0. The average Bonchev–Trinajstić information content (AvgIpc) is 2.40. The van der Waals surface area contributed by atoms with Gasteiger partial charge in [-0.15, -0.1) is 0 Å². The molecule has 0 aromatic heterocycles. The molecule has 124 valence electrons. The fraction of sp³-hybridized carbons (Fsp3) is 1.00. The van der Waals surface area contributed by atoms with Crippen LogP contribution in [0.4, 0.5) is 0 Å². The van der Waals surface area contributed by atoms with Crippen LogP contribution >= 0.6 is 0 Å². The Hall–Kier alpha value is 0.609. The third-order valence-electron chi connectivity index (χ3n) is 1.61. The minimum Gasteiger partial charge on any atom is 0 e. The van der Waals surface area contributed by atoms with Crippen molar-refractivity contribution in [1.82, 2.24) is 0 Å². The fourth-order valence-electron chi connectivity index (χ4n) is 0.525. The van der Waals surface area contributed by atoms with Crippen LogP contribution < -0.4 is 0 Å². The van der Waals surface area contributed by atoms with Crippen molar-refractivity contribution in [1.29, 1.82) is 0 Å². The smallest absolute Gasteiger partial charge is 0 e. The summed E-state index contributed by atoms with van der Waals surface area (Å²) in [7, 11) is 0. The summed E-state index contributed by atoms with van der Waals surface area (Å²) in [5.74, 6) is 0. The molecule has 1 radical (unpaired) electrons. The molecule has 0 aromatic rings. The second-order valence-electron chi connectivity index (χ2n) is 3.42. The molecule has 0 atom stereocenters. The molecule has 20 heavy (non-hydrogen) atoms. The molecule has 6 nitrogen and oxygen atoms in total. The molecule has 0 heterocycles. The Labute approximate surface area is 141 Å². The van der Waals surface area contributed by atoms with Crippen molar-refractivity contribution in [3.05, 3.63) is 0 Å². The minimum atomic E-state index is -1.81. The van der Waals surface area contributed by atoms with E-state index in [2.05, 4.69) is 18.7 Å². The SMILES string of the molecule is CCCCO.CCCCO.CCCCOO.[O]=[V]=[O].[V]. The maximum Gasteiger partial charge on any atom is 0 e. The molecule has 0 aliphatic rings. The van der Waals surface area contributed by atoms with E-state index in [-0.39, 0.29) is 18.6 Å². The average molecular weight is 372 g/mol. The number of aliphatic hydroxyl groups is 2. The van der Waals surface area contributed by atoms with Crippen molar-refractivity contribution in [3.8, 4) is 0 Å². The zero-order chi connectivity index (χ0) is 15.8. The Balaban J connectivity index is -0.0000000504. The molecule has 0 amide bonds. The van der Waals surface area contributed by atoms with Crippen molar-refractivity contribution in [2.24, 2.45) is 0 Å². The predicted molar refractivity (Wildman–Crippen MR) is 68.8 cm³/mol. The first-order valence-electron chi connectivity index (χ1n) is 6.59. The van der Waals surface area contributed by atoms with Crippen LogP contribution in [0, 0.1) is 0 Å². The monoisotopic (exact) mass is 372 g/mol. The van der Waals surface area contributed by atoms with Gasteiger partial charge in [0, 0.05) is 31.8 Å². The Bertz CT molecular complexity index is 130. The molecule has 0 aromatic carbocycles. The maximum absolute atomic E-state index is 8.47. The molecule has 0 unspecified atom stereocenters. The van der Waals surface area contributed by atoms with Gasteiger partial charge in [-0.2, -0.15) is 0 Å². The van der Waals surface area contributed by atoms with Gasteiger partial charge >= 0.3 is 23.5 Å². The van der Waals surface area contributed by atoms with Gasteiger partial charge in [-0.05, 0) is 19.3 Å². The van der Waals surface area contributed by atoms with Crippen LogP contribution in [-0.4, -0.2) is 35.3 Å². The zero-order valence-corrected chi connectivity index (χ0v) is 15.6. The summed E-state index contributed by atoms with van der Waals surface area (Å²) in [6.07, 6.45) is 6.09. The van der Waals surface area contributed by atoms with Crippen LogP contribution in [0.2, 0.25) is 0 Å². The molecule has 0 saturated carbocycles. The van der Waals surface area contributed by atoms with E-state index < -0.39 is 16.2 Å². The maximum atomic E-state index is 8.47. The van der Waals surface area contributed by atoms with Crippen LogP contribution in [0.3, 0.4) is 0 Å². The molecule has 0 saturated heterocycles. The molecular weight excluding hydrogens is 342 g/mol. The third-order valence-corrected chi connectivity index (χ3v) is 1.61. The second kappa shape index (κ2) is 50.4. The Kier molecular flexibility index (Phi) is 81.9. The van der Waals surface area contributed by atoms with E-state index >= 15 is 0 Å². The van der Waals surface area contributed by atoms with Crippen molar-refractivity contribution in [2.75, 3.05) is 19.8 Å². The Morgan fingerprint density at radius 3 is 1.20 bits per heavy atom. The van der Waals surface area contributed by atoms with Crippen LogP contribution in [0.1, 0.15) is 59.3 Å². The second-order valence-corrected chi connectivity index (χ2v) is 3.65. The number of aliphatic hydroxyl groups excluding tert-OH is 2. The Morgan fingerprint density at radius 1 is 0.850 bits per heavy atom. The summed E-state index contributed by atoms with van der Waals surface area (Å²) < 4.78 is 16.9. The van der Waals surface area contributed by atoms with Crippen LogP contribution in [0.5, 0.6) is 0 Å². The molecule has 0 fully saturated rings. The predicted octanol–water partition coefficient (Wildman–Crippen LogP) is 2.59. The van der Waals surface area contributed by atoms with Gasteiger partial charge in [-0.3, -0.25) is 5.26 Å². The van der Waals surface area contributed by atoms with Crippen molar-refractivity contribution in [2.45, 2.75) is 59.3 Å². The van der Waals surface area contributed by atoms with Crippen molar-refractivity contribution in [3.63, 3.8) is 0 Å². The number of unbranched alkanes of at least 4 members (excludes halogenated alkanes) is 3. The molecule has 0 rings (SSSR count). The van der Waals surface area contributed by atoms with Gasteiger partial charge in [0.1, 0.15) is 0 Å². The Morgan fingerprint density at radius 2 is 1.15 bits per heavy atom. The first-order chi connectivity index (χ1) is 9.16. The normalized spacial score (nSPS) is 7.30. The van der Waals surface area contributed by atoms with E-state index in [1.165, 1.54) is 0 Å². The summed E-state index contributed by atoms with van der Waals surface area (Å²) in [6.45, 7) is 7.30. The largest absolute Gasteiger partial charge is 0 e. The van der Waals surface area contributed by atoms with Crippen LogP contribution in [0.25, 0.3) is 0 Å². The molecule has 0 aliphatic heterocycles. The summed E-state index contributed by atoms with van der Waals surface area (Å²) in [6, 6.07) is 0.